The highest BCUT2D eigenvalue weighted by molar-refractivity contribution is 9.10. The van der Waals surface area contributed by atoms with E-state index in [2.05, 4.69) is 44.9 Å². The van der Waals surface area contributed by atoms with Crippen molar-refractivity contribution in [2.45, 2.75) is 52.6 Å². The fourth-order valence-electron chi connectivity index (χ4n) is 2.12. The van der Waals surface area contributed by atoms with Gasteiger partial charge in [0, 0.05) is 32.2 Å². The number of halogens is 1. The monoisotopic (exact) mass is 331 g/mol. The first-order valence-electron chi connectivity index (χ1n) is 7.10. The lowest BCUT2D eigenvalue weighted by molar-refractivity contribution is 0.125. The van der Waals surface area contributed by atoms with Crippen LogP contribution in [0.4, 0.5) is 0 Å². The molecular formula is C14H26BrN3O. The van der Waals surface area contributed by atoms with Crippen molar-refractivity contribution in [3.63, 3.8) is 0 Å². The van der Waals surface area contributed by atoms with Gasteiger partial charge >= 0.3 is 0 Å². The number of likely N-dealkylation sites (N-methyl/N-ethyl adjacent to an activating group) is 1. The first-order chi connectivity index (χ1) is 9.13. The standard InChI is InChI=1S/C14H26BrN3O/c1-5-8-19-9-7-12(16-4)10-13-14(15)11(3)17-18(13)6-2/h12,16H,5-10H2,1-4H3. The van der Waals surface area contributed by atoms with E-state index in [1.807, 2.05) is 14.0 Å². The third-order valence-electron chi connectivity index (χ3n) is 3.26. The van der Waals surface area contributed by atoms with Crippen LogP contribution in [0.3, 0.4) is 0 Å². The van der Waals surface area contributed by atoms with Gasteiger partial charge in [-0.25, -0.2) is 0 Å². The maximum absolute atomic E-state index is 5.57. The van der Waals surface area contributed by atoms with Crippen LogP contribution in [0.15, 0.2) is 4.47 Å². The Bertz CT molecular complexity index is 379. The molecule has 0 saturated heterocycles. The number of rotatable bonds is 9. The second-order valence-electron chi connectivity index (χ2n) is 4.75. The minimum Gasteiger partial charge on any atom is -0.381 e. The third kappa shape index (κ3) is 4.89. The van der Waals surface area contributed by atoms with E-state index in [1.54, 1.807) is 0 Å². The summed E-state index contributed by atoms with van der Waals surface area (Å²) in [6.07, 6.45) is 3.08. The van der Waals surface area contributed by atoms with Gasteiger partial charge in [-0.15, -0.1) is 0 Å². The van der Waals surface area contributed by atoms with Gasteiger partial charge in [0.15, 0.2) is 0 Å². The molecule has 0 bridgehead atoms. The Labute approximate surface area is 125 Å². The molecule has 4 nitrogen and oxygen atoms in total. The van der Waals surface area contributed by atoms with Crippen molar-refractivity contribution >= 4 is 15.9 Å². The van der Waals surface area contributed by atoms with Crippen LogP contribution in [0.5, 0.6) is 0 Å². The lowest BCUT2D eigenvalue weighted by atomic mass is 10.1. The van der Waals surface area contributed by atoms with Gasteiger partial charge in [-0.2, -0.15) is 5.10 Å². The maximum atomic E-state index is 5.57. The molecule has 0 saturated carbocycles. The number of nitrogens with one attached hydrogen (secondary N) is 1. The van der Waals surface area contributed by atoms with Gasteiger partial charge < -0.3 is 10.1 Å². The summed E-state index contributed by atoms with van der Waals surface area (Å²) >= 11 is 3.65. The van der Waals surface area contributed by atoms with Crippen molar-refractivity contribution in [1.29, 1.82) is 0 Å². The van der Waals surface area contributed by atoms with Crippen molar-refractivity contribution in [3.05, 3.63) is 15.9 Å². The second-order valence-corrected chi connectivity index (χ2v) is 5.55. The molecule has 1 aromatic rings. The Balaban J connectivity index is 2.59. The fraction of sp³-hybridized carbons (Fsp3) is 0.786. The molecule has 1 heterocycles. The predicted octanol–water partition coefficient (Wildman–Crippen LogP) is 2.92. The predicted molar refractivity (Wildman–Crippen MR) is 82.6 cm³/mol. The zero-order valence-electron chi connectivity index (χ0n) is 12.5. The van der Waals surface area contributed by atoms with E-state index >= 15 is 0 Å². The van der Waals surface area contributed by atoms with Gasteiger partial charge in [-0.1, -0.05) is 6.92 Å². The smallest absolute Gasteiger partial charge is 0.0738 e. The van der Waals surface area contributed by atoms with Gasteiger partial charge in [0.1, 0.15) is 0 Å². The molecule has 0 spiro atoms. The van der Waals surface area contributed by atoms with Gasteiger partial charge in [0.25, 0.3) is 0 Å². The van der Waals surface area contributed by atoms with E-state index in [9.17, 15) is 0 Å². The Morgan fingerprint density at radius 2 is 2.11 bits per heavy atom. The summed E-state index contributed by atoms with van der Waals surface area (Å²) in [5, 5.41) is 7.91. The zero-order valence-corrected chi connectivity index (χ0v) is 14.1. The highest BCUT2D eigenvalue weighted by Gasteiger charge is 2.16. The maximum Gasteiger partial charge on any atom is 0.0738 e. The molecule has 0 aliphatic heterocycles. The average Bonchev–Trinajstić information content (AvgIpc) is 2.69. The van der Waals surface area contributed by atoms with E-state index in [0.717, 1.165) is 49.2 Å². The highest BCUT2D eigenvalue weighted by Crippen LogP contribution is 2.22. The summed E-state index contributed by atoms with van der Waals surface area (Å²) < 4.78 is 8.79. The Morgan fingerprint density at radius 3 is 2.68 bits per heavy atom. The van der Waals surface area contributed by atoms with Gasteiger partial charge in [0.05, 0.1) is 15.9 Å². The van der Waals surface area contributed by atoms with E-state index in [1.165, 1.54) is 5.69 Å². The van der Waals surface area contributed by atoms with Crippen molar-refractivity contribution in [1.82, 2.24) is 15.1 Å². The summed E-state index contributed by atoms with van der Waals surface area (Å²) in [5.74, 6) is 0. The van der Waals surface area contributed by atoms with E-state index in [-0.39, 0.29) is 0 Å². The molecule has 0 amide bonds. The number of hydrogen-bond acceptors (Lipinski definition) is 3. The largest absolute Gasteiger partial charge is 0.381 e. The van der Waals surface area contributed by atoms with E-state index < -0.39 is 0 Å². The minimum absolute atomic E-state index is 0.426. The number of nitrogens with zero attached hydrogens (tertiary/aromatic N) is 2. The topological polar surface area (TPSA) is 39.1 Å². The van der Waals surface area contributed by atoms with Crippen LogP contribution in [0.25, 0.3) is 0 Å². The van der Waals surface area contributed by atoms with Crippen LogP contribution in [0.2, 0.25) is 0 Å². The summed E-state index contributed by atoms with van der Waals surface area (Å²) in [6.45, 7) is 8.88. The summed E-state index contributed by atoms with van der Waals surface area (Å²) in [6, 6.07) is 0.426. The molecule has 1 rings (SSSR count). The molecular weight excluding hydrogens is 306 g/mol. The number of ether oxygens (including phenoxy) is 1. The molecule has 0 fully saturated rings. The van der Waals surface area contributed by atoms with Crippen molar-refractivity contribution in [2.75, 3.05) is 20.3 Å². The molecule has 0 aliphatic rings. The van der Waals surface area contributed by atoms with Crippen LogP contribution < -0.4 is 5.32 Å². The number of hydrogen-bond donors (Lipinski definition) is 1. The normalized spacial score (nSPS) is 12.9. The molecule has 5 heteroatoms. The first-order valence-corrected chi connectivity index (χ1v) is 7.90. The van der Waals surface area contributed by atoms with Crippen LogP contribution in [-0.2, 0) is 17.7 Å². The summed E-state index contributed by atoms with van der Waals surface area (Å²) in [5.41, 5.74) is 2.34. The molecule has 1 atom stereocenters. The quantitative estimate of drug-likeness (QED) is 0.707. The second kappa shape index (κ2) is 8.72. The average molecular weight is 332 g/mol. The Kier molecular flexibility index (Phi) is 7.64. The van der Waals surface area contributed by atoms with E-state index in [4.69, 9.17) is 4.74 Å². The Hall–Kier alpha value is -0.390. The first kappa shape index (κ1) is 16.7. The molecule has 0 aliphatic carbocycles. The third-order valence-corrected chi connectivity index (χ3v) is 4.29. The van der Waals surface area contributed by atoms with Crippen molar-refractivity contribution < 1.29 is 4.74 Å². The summed E-state index contributed by atoms with van der Waals surface area (Å²) in [4.78, 5) is 0. The van der Waals surface area contributed by atoms with Gasteiger partial charge in [0.2, 0.25) is 0 Å². The van der Waals surface area contributed by atoms with Crippen molar-refractivity contribution in [3.8, 4) is 0 Å². The van der Waals surface area contributed by atoms with E-state index in [0.29, 0.717) is 6.04 Å². The summed E-state index contributed by atoms with van der Waals surface area (Å²) in [7, 11) is 2.01. The zero-order chi connectivity index (χ0) is 14.3. The highest BCUT2D eigenvalue weighted by atomic mass is 79.9. The molecule has 110 valence electrons. The number of aromatic nitrogens is 2. The minimum atomic E-state index is 0.426. The SMILES string of the molecule is CCCOCCC(Cc1c(Br)c(C)nn1CC)NC. The molecule has 19 heavy (non-hydrogen) atoms. The lowest BCUT2D eigenvalue weighted by Gasteiger charge is -2.17. The Morgan fingerprint density at radius 1 is 1.37 bits per heavy atom. The lowest BCUT2D eigenvalue weighted by Crippen LogP contribution is -2.30. The molecule has 1 N–H and O–H groups in total. The van der Waals surface area contributed by atoms with Crippen LogP contribution >= 0.6 is 15.9 Å². The van der Waals surface area contributed by atoms with Crippen LogP contribution in [0.1, 0.15) is 38.1 Å². The molecule has 0 aromatic carbocycles. The fourth-order valence-corrected chi connectivity index (χ4v) is 2.56. The van der Waals surface area contributed by atoms with Crippen molar-refractivity contribution in [2.24, 2.45) is 0 Å². The van der Waals surface area contributed by atoms with Crippen LogP contribution in [-0.4, -0.2) is 36.1 Å². The number of aryl methyl sites for hydroxylation is 2. The van der Waals surface area contributed by atoms with Crippen LogP contribution in [0, 0.1) is 6.92 Å². The molecule has 0 radical (unpaired) electrons. The van der Waals surface area contributed by atoms with Gasteiger partial charge in [-0.3, -0.25) is 4.68 Å². The molecule has 1 aromatic heterocycles. The van der Waals surface area contributed by atoms with Gasteiger partial charge in [-0.05, 0) is 49.7 Å². The molecule has 1 unspecified atom stereocenters.